The normalized spacial score (nSPS) is 10.3. The van der Waals surface area contributed by atoms with Gasteiger partial charge in [0.25, 0.3) is 0 Å². The lowest BCUT2D eigenvalue weighted by molar-refractivity contribution is 0.919. The van der Waals surface area contributed by atoms with Crippen molar-refractivity contribution < 1.29 is 0 Å². The van der Waals surface area contributed by atoms with E-state index in [0.29, 0.717) is 4.99 Å². The van der Waals surface area contributed by atoms with Crippen LogP contribution in [-0.4, -0.2) is 12.0 Å². The molecule has 2 rings (SSSR count). The second kappa shape index (κ2) is 6.06. The predicted octanol–water partition coefficient (Wildman–Crippen LogP) is 3.57. The van der Waals surface area contributed by atoms with Crippen LogP contribution in [0.4, 0.5) is 5.69 Å². The molecule has 0 aliphatic carbocycles. The molecule has 20 heavy (non-hydrogen) atoms. The molecular weight excluding hydrogens is 264 g/mol. The van der Waals surface area contributed by atoms with Gasteiger partial charge in [-0.3, -0.25) is 0 Å². The average Bonchev–Trinajstić information content (AvgIpc) is 2.37. The van der Waals surface area contributed by atoms with Gasteiger partial charge in [0.05, 0.1) is 0 Å². The van der Waals surface area contributed by atoms with Crippen molar-refractivity contribution in [3.05, 3.63) is 64.7 Å². The molecule has 0 saturated carbocycles. The molecule has 0 atom stereocenters. The predicted molar refractivity (Wildman–Crippen MR) is 90.4 cm³/mol. The molecule has 0 heterocycles. The summed E-state index contributed by atoms with van der Waals surface area (Å²) in [6, 6.07) is 14.6. The molecule has 2 nitrogen and oxygen atoms in total. The third-order valence-electron chi connectivity index (χ3n) is 3.34. The highest BCUT2D eigenvalue weighted by molar-refractivity contribution is 7.80. The highest BCUT2D eigenvalue weighted by atomic mass is 32.1. The number of nitrogens with zero attached hydrogens (tertiary/aromatic N) is 1. The van der Waals surface area contributed by atoms with Crippen LogP contribution in [0, 0.1) is 13.8 Å². The molecule has 0 bridgehead atoms. The first-order chi connectivity index (χ1) is 9.47. The Bertz CT molecular complexity index is 614. The lowest BCUT2D eigenvalue weighted by atomic mass is 10.1. The molecule has 0 unspecified atom stereocenters. The van der Waals surface area contributed by atoms with Gasteiger partial charge in [0.1, 0.15) is 4.99 Å². The molecule has 3 heteroatoms. The van der Waals surface area contributed by atoms with E-state index in [1.54, 1.807) is 0 Å². The minimum Gasteiger partial charge on any atom is -0.389 e. The Morgan fingerprint density at radius 1 is 1.10 bits per heavy atom. The number of hydrogen-bond donors (Lipinski definition) is 1. The summed E-state index contributed by atoms with van der Waals surface area (Å²) in [4.78, 5) is 2.67. The van der Waals surface area contributed by atoms with Gasteiger partial charge >= 0.3 is 0 Å². The summed E-state index contributed by atoms with van der Waals surface area (Å²) in [6.07, 6.45) is 0. The van der Waals surface area contributed by atoms with Crippen LogP contribution < -0.4 is 10.6 Å². The van der Waals surface area contributed by atoms with Crippen molar-refractivity contribution in [2.24, 2.45) is 5.73 Å². The van der Waals surface area contributed by atoms with Crippen molar-refractivity contribution in [2.45, 2.75) is 20.4 Å². The fourth-order valence-corrected chi connectivity index (χ4v) is 2.62. The molecule has 2 aromatic carbocycles. The number of anilines is 1. The van der Waals surface area contributed by atoms with Gasteiger partial charge in [0.2, 0.25) is 0 Å². The Labute approximate surface area is 126 Å². The summed E-state index contributed by atoms with van der Waals surface area (Å²) in [6.45, 7) is 5.02. The quantitative estimate of drug-likeness (QED) is 0.870. The molecule has 104 valence electrons. The Morgan fingerprint density at radius 2 is 1.70 bits per heavy atom. The van der Waals surface area contributed by atoms with E-state index in [2.05, 4.69) is 50.1 Å². The summed E-state index contributed by atoms with van der Waals surface area (Å²) in [7, 11) is 2.09. The first-order valence-electron chi connectivity index (χ1n) is 6.64. The summed E-state index contributed by atoms with van der Waals surface area (Å²) < 4.78 is 0. The van der Waals surface area contributed by atoms with Gasteiger partial charge in [0, 0.05) is 24.8 Å². The van der Waals surface area contributed by atoms with Gasteiger partial charge in [0.15, 0.2) is 0 Å². The molecule has 0 amide bonds. The van der Waals surface area contributed by atoms with E-state index >= 15 is 0 Å². The van der Waals surface area contributed by atoms with E-state index in [0.717, 1.165) is 17.7 Å². The van der Waals surface area contributed by atoms with E-state index in [1.807, 2.05) is 18.2 Å². The van der Waals surface area contributed by atoms with Crippen molar-refractivity contribution >= 4 is 22.9 Å². The maximum atomic E-state index is 5.79. The molecule has 0 fully saturated rings. The number of rotatable bonds is 4. The number of benzene rings is 2. The first kappa shape index (κ1) is 14.5. The van der Waals surface area contributed by atoms with E-state index in [9.17, 15) is 0 Å². The smallest absolute Gasteiger partial charge is 0.104 e. The van der Waals surface area contributed by atoms with E-state index < -0.39 is 0 Å². The van der Waals surface area contributed by atoms with Gasteiger partial charge in [-0.15, -0.1) is 0 Å². The number of hydrogen-bond acceptors (Lipinski definition) is 2. The Hall–Kier alpha value is -1.87. The zero-order chi connectivity index (χ0) is 14.7. The zero-order valence-corrected chi connectivity index (χ0v) is 13.0. The lowest BCUT2D eigenvalue weighted by Crippen LogP contribution is -2.20. The van der Waals surface area contributed by atoms with Crippen LogP contribution in [0.5, 0.6) is 0 Å². The number of thiocarbonyl (C=S) groups is 1. The monoisotopic (exact) mass is 284 g/mol. The van der Waals surface area contributed by atoms with Crippen LogP contribution in [0.1, 0.15) is 22.3 Å². The van der Waals surface area contributed by atoms with Crippen LogP contribution in [-0.2, 0) is 6.54 Å². The number of nitrogens with two attached hydrogens (primary N) is 1. The van der Waals surface area contributed by atoms with Crippen molar-refractivity contribution in [1.82, 2.24) is 0 Å². The van der Waals surface area contributed by atoms with E-state index in [4.69, 9.17) is 18.0 Å². The van der Waals surface area contributed by atoms with Gasteiger partial charge < -0.3 is 10.6 Å². The van der Waals surface area contributed by atoms with Crippen LogP contribution >= 0.6 is 12.2 Å². The molecule has 2 N–H and O–H groups in total. The Balaban J connectivity index is 2.28. The van der Waals surface area contributed by atoms with Crippen molar-refractivity contribution in [3.63, 3.8) is 0 Å². The molecule has 0 aromatic heterocycles. The highest BCUT2D eigenvalue weighted by Crippen LogP contribution is 2.20. The maximum Gasteiger partial charge on any atom is 0.104 e. The van der Waals surface area contributed by atoms with Crippen LogP contribution in [0.15, 0.2) is 42.5 Å². The summed E-state index contributed by atoms with van der Waals surface area (Å²) in [5.74, 6) is 0. The second-order valence-electron chi connectivity index (χ2n) is 5.22. The van der Waals surface area contributed by atoms with Gasteiger partial charge in [-0.1, -0.05) is 42.5 Å². The molecule has 0 aliphatic rings. The highest BCUT2D eigenvalue weighted by Gasteiger charge is 2.08. The SMILES string of the molecule is Cc1cc(C)cc(N(C)Cc2ccccc2C(N)=S)c1. The molecule has 2 aromatic rings. The van der Waals surface area contributed by atoms with Crippen molar-refractivity contribution in [2.75, 3.05) is 11.9 Å². The maximum absolute atomic E-state index is 5.79. The van der Waals surface area contributed by atoms with E-state index in [1.165, 1.54) is 16.8 Å². The van der Waals surface area contributed by atoms with Gasteiger partial charge in [-0.25, -0.2) is 0 Å². The summed E-state index contributed by atoms with van der Waals surface area (Å²) in [5.41, 5.74) is 11.7. The fraction of sp³-hybridized carbons (Fsp3) is 0.235. The molecule has 0 radical (unpaired) electrons. The topological polar surface area (TPSA) is 29.3 Å². The molecule has 0 spiro atoms. The minimum absolute atomic E-state index is 0.453. The van der Waals surface area contributed by atoms with Crippen molar-refractivity contribution in [1.29, 1.82) is 0 Å². The third kappa shape index (κ3) is 3.36. The minimum atomic E-state index is 0.453. The standard InChI is InChI=1S/C17H20N2S/c1-12-8-13(2)10-15(9-12)19(3)11-14-6-4-5-7-16(14)17(18)20/h4-10H,11H2,1-3H3,(H2,18,20). The van der Waals surface area contributed by atoms with Crippen molar-refractivity contribution in [3.8, 4) is 0 Å². The Kier molecular flexibility index (Phi) is 4.40. The third-order valence-corrected chi connectivity index (χ3v) is 3.56. The number of aryl methyl sites for hydroxylation is 2. The summed E-state index contributed by atoms with van der Waals surface area (Å²) in [5, 5.41) is 0. The average molecular weight is 284 g/mol. The lowest BCUT2D eigenvalue weighted by Gasteiger charge is -2.22. The largest absolute Gasteiger partial charge is 0.389 e. The molecule has 0 saturated heterocycles. The van der Waals surface area contributed by atoms with Crippen LogP contribution in [0.3, 0.4) is 0 Å². The van der Waals surface area contributed by atoms with E-state index in [-0.39, 0.29) is 0 Å². The Morgan fingerprint density at radius 3 is 2.30 bits per heavy atom. The molecular formula is C17H20N2S. The first-order valence-corrected chi connectivity index (χ1v) is 7.05. The van der Waals surface area contributed by atoms with Gasteiger partial charge in [-0.2, -0.15) is 0 Å². The second-order valence-corrected chi connectivity index (χ2v) is 5.66. The van der Waals surface area contributed by atoms with Crippen LogP contribution in [0.2, 0.25) is 0 Å². The molecule has 0 aliphatic heterocycles. The van der Waals surface area contributed by atoms with Crippen LogP contribution in [0.25, 0.3) is 0 Å². The summed E-state index contributed by atoms with van der Waals surface area (Å²) >= 11 is 5.12. The fourth-order valence-electron chi connectivity index (χ4n) is 2.42. The van der Waals surface area contributed by atoms with Gasteiger partial charge in [-0.05, 0) is 42.7 Å². The zero-order valence-electron chi connectivity index (χ0n) is 12.2.